The Labute approximate surface area is 158 Å². The number of hydrogen-bond acceptors (Lipinski definition) is 5. The number of esters is 1. The van der Waals surface area contributed by atoms with Crippen molar-refractivity contribution in [2.24, 2.45) is 0 Å². The average molecular weight is 418 g/mol. The summed E-state index contributed by atoms with van der Waals surface area (Å²) in [6.45, 7) is 0.122. The zero-order valence-corrected chi connectivity index (χ0v) is 15.8. The normalized spacial score (nSPS) is 13.7. The van der Waals surface area contributed by atoms with E-state index in [0.29, 0.717) is 22.8 Å². The van der Waals surface area contributed by atoms with E-state index in [1.54, 1.807) is 19.2 Å². The Hall–Kier alpha value is -2.67. The average Bonchev–Trinajstić information content (AvgIpc) is 3.28. The molecule has 4 rings (SSSR count). The van der Waals surface area contributed by atoms with E-state index < -0.39 is 6.04 Å². The molecule has 26 heavy (non-hydrogen) atoms. The van der Waals surface area contributed by atoms with Crippen molar-refractivity contribution < 1.29 is 23.7 Å². The molecule has 134 valence electrons. The monoisotopic (exact) mass is 417 g/mol. The summed E-state index contributed by atoms with van der Waals surface area (Å²) >= 11 is 3.49. The van der Waals surface area contributed by atoms with E-state index in [0.717, 1.165) is 15.4 Å². The van der Waals surface area contributed by atoms with Gasteiger partial charge in [0.15, 0.2) is 17.5 Å². The summed E-state index contributed by atoms with van der Waals surface area (Å²) < 4.78 is 24.2. The standard InChI is InChI=1S/C19H16BrNO5/c1-23-15-7-12(8-16-18(15)26-10-25-16)17(19(22)24-2)21-6-5-11-3-4-13(20)9-14(11)21/h3-9,17H,10H2,1-2H3. The van der Waals surface area contributed by atoms with E-state index in [1.165, 1.54) is 7.11 Å². The molecule has 0 saturated carbocycles. The molecule has 0 fully saturated rings. The zero-order chi connectivity index (χ0) is 18.3. The van der Waals surface area contributed by atoms with E-state index in [2.05, 4.69) is 15.9 Å². The van der Waals surface area contributed by atoms with E-state index in [1.807, 2.05) is 35.0 Å². The molecular weight excluding hydrogens is 402 g/mol. The first-order valence-corrected chi connectivity index (χ1v) is 8.73. The summed E-state index contributed by atoms with van der Waals surface area (Å²) in [7, 11) is 2.93. The number of rotatable bonds is 4. The molecule has 1 aliphatic heterocycles. The van der Waals surface area contributed by atoms with Crippen LogP contribution in [0.15, 0.2) is 47.1 Å². The molecule has 1 aliphatic rings. The quantitative estimate of drug-likeness (QED) is 0.602. The maximum Gasteiger partial charge on any atom is 0.333 e. The number of carbonyl (C=O) groups excluding carboxylic acids is 1. The zero-order valence-electron chi connectivity index (χ0n) is 14.2. The maximum atomic E-state index is 12.7. The highest BCUT2D eigenvalue weighted by Crippen LogP contribution is 2.44. The van der Waals surface area contributed by atoms with Crippen LogP contribution in [0.1, 0.15) is 11.6 Å². The van der Waals surface area contributed by atoms with E-state index in [-0.39, 0.29) is 12.8 Å². The molecule has 1 unspecified atom stereocenters. The van der Waals surface area contributed by atoms with Gasteiger partial charge in [-0.05, 0) is 41.3 Å². The lowest BCUT2D eigenvalue weighted by atomic mass is 10.0. The largest absolute Gasteiger partial charge is 0.493 e. The Balaban J connectivity index is 1.91. The van der Waals surface area contributed by atoms with Gasteiger partial charge in [-0.3, -0.25) is 0 Å². The second-order valence-electron chi connectivity index (χ2n) is 5.81. The molecular formula is C19H16BrNO5. The number of carbonyl (C=O) groups is 1. The number of aromatic nitrogens is 1. The van der Waals surface area contributed by atoms with Gasteiger partial charge in [0, 0.05) is 10.7 Å². The van der Waals surface area contributed by atoms with Crippen LogP contribution in [0.4, 0.5) is 0 Å². The van der Waals surface area contributed by atoms with Crippen LogP contribution in [0.3, 0.4) is 0 Å². The van der Waals surface area contributed by atoms with Crippen LogP contribution in [0, 0.1) is 0 Å². The van der Waals surface area contributed by atoms with Gasteiger partial charge in [0.25, 0.3) is 0 Å². The van der Waals surface area contributed by atoms with Gasteiger partial charge in [0.1, 0.15) is 0 Å². The summed E-state index contributed by atoms with van der Waals surface area (Å²) in [4.78, 5) is 12.7. The smallest absolute Gasteiger partial charge is 0.333 e. The van der Waals surface area contributed by atoms with Gasteiger partial charge in [0.2, 0.25) is 12.5 Å². The van der Waals surface area contributed by atoms with Crippen LogP contribution in [0.2, 0.25) is 0 Å². The van der Waals surface area contributed by atoms with Crippen molar-refractivity contribution in [2.45, 2.75) is 6.04 Å². The van der Waals surface area contributed by atoms with Crippen molar-refractivity contribution in [3.8, 4) is 17.2 Å². The number of nitrogens with zero attached hydrogens (tertiary/aromatic N) is 1. The van der Waals surface area contributed by atoms with Gasteiger partial charge in [-0.2, -0.15) is 0 Å². The summed E-state index contributed by atoms with van der Waals surface area (Å²) in [6, 6.07) is 10.8. The second kappa shape index (κ2) is 6.57. The second-order valence-corrected chi connectivity index (χ2v) is 6.72. The van der Waals surface area contributed by atoms with Crippen molar-refractivity contribution >= 4 is 32.8 Å². The Morgan fingerprint density at radius 3 is 2.81 bits per heavy atom. The molecule has 0 amide bonds. The van der Waals surface area contributed by atoms with Crippen LogP contribution in [-0.4, -0.2) is 31.5 Å². The third-order valence-corrected chi connectivity index (χ3v) is 4.88. The van der Waals surface area contributed by atoms with Crippen molar-refractivity contribution in [2.75, 3.05) is 21.0 Å². The lowest BCUT2D eigenvalue weighted by molar-refractivity contribution is -0.143. The Bertz CT molecular complexity index is 997. The molecule has 0 saturated heterocycles. The third kappa shape index (κ3) is 2.68. The predicted molar refractivity (Wildman–Crippen MR) is 98.9 cm³/mol. The SMILES string of the molecule is COC(=O)C(c1cc(OC)c2c(c1)OCO2)n1ccc2ccc(Br)cc21. The molecule has 6 nitrogen and oxygen atoms in total. The minimum atomic E-state index is -0.685. The molecule has 0 spiro atoms. The molecule has 0 aliphatic carbocycles. The summed E-state index contributed by atoms with van der Waals surface area (Å²) in [5.41, 5.74) is 1.60. The van der Waals surface area contributed by atoms with Gasteiger partial charge in [-0.1, -0.05) is 22.0 Å². The molecule has 1 aromatic heterocycles. The van der Waals surface area contributed by atoms with E-state index in [4.69, 9.17) is 18.9 Å². The third-order valence-electron chi connectivity index (χ3n) is 4.38. The maximum absolute atomic E-state index is 12.7. The first-order chi connectivity index (χ1) is 12.6. The van der Waals surface area contributed by atoms with Gasteiger partial charge in [-0.15, -0.1) is 0 Å². The fraction of sp³-hybridized carbons (Fsp3) is 0.211. The Morgan fingerprint density at radius 1 is 1.19 bits per heavy atom. The molecule has 3 aromatic rings. The summed E-state index contributed by atoms with van der Waals surface area (Å²) in [5.74, 6) is 1.22. The fourth-order valence-corrected chi connectivity index (χ4v) is 3.53. The highest BCUT2D eigenvalue weighted by atomic mass is 79.9. The van der Waals surface area contributed by atoms with Crippen LogP contribution in [0.25, 0.3) is 10.9 Å². The van der Waals surface area contributed by atoms with Gasteiger partial charge in [0.05, 0.1) is 19.7 Å². The first kappa shape index (κ1) is 16.8. The number of halogens is 1. The topological polar surface area (TPSA) is 58.9 Å². The number of ether oxygens (including phenoxy) is 4. The lowest BCUT2D eigenvalue weighted by Crippen LogP contribution is -2.21. The predicted octanol–water partition coefficient (Wildman–Crippen LogP) is 3.90. The minimum absolute atomic E-state index is 0.122. The Kier molecular flexibility index (Phi) is 4.24. The van der Waals surface area contributed by atoms with Crippen molar-refractivity contribution in [3.63, 3.8) is 0 Å². The highest BCUT2D eigenvalue weighted by molar-refractivity contribution is 9.10. The molecule has 7 heteroatoms. The Morgan fingerprint density at radius 2 is 2.04 bits per heavy atom. The van der Waals surface area contributed by atoms with Crippen LogP contribution >= 0.6 is 15.9 Å². The molecule has 2 aromatic carbocycles. The van der Waals surface area contributed by atoms with E-state index >= 15 is 0 Å². The van der Waals surface area contributed by atoms with Crippen LogP contribution in [0.5, 0.6) is 17.2 Å². The van der Waals surface area contributed by atoms with Crippen LogP contribution < -0.4 is 14.2 Å². The number of benzene rings is 2. The van der Waals surface area contributed by atoms with Crippen molar-refractivity contribution in [1.82, 2.24) is 4.57 Å². The summed E-state index contributed by atoms with van der Waals surface area (Å²) in [6.07, 6.45) is 1.87. The van der Waals surface area contributed by atoms with Gasteiger partial charge >= 0.3 is 5.97 Å². The van der Waals surface area contributed by atoms with Gasteiger partial charge < -0.3 is 23.5 Å². The van der Waals surface area contributed by atoms with Crippen molar-refractivity contribution in [3.05, 3.63) is 52.6 Å². The number of hydrogen-bond donors (Lipinski definition) is 0. The highest BCUT2D eigenvalue weighted by Gasteiger charge is 2.29. The molecule has 2 heterocycles. The minimum Gasteiger partial charge on any atom is -0.493 e. The van der Waals surface area contributed by atoms with Crippen LogP contribution in [-0.2, 0) is 9.53 Å². The first-order valence-electron chi connectivity index (χ1n) is 7.94. The number of methoxy groups -OCH3 is 2. The van der Waals surface area contributed by atoms with E-state index in [9.17, 15) is 4.79 Å². The molecule has 0 radical (unpaired) electrons. The molecule has 0 N–H and O–H groups in total. The molecule has 0 bridgehead atoms. The fourth-order valence-electron chi connectivity index (χ4n) is 3.18. The molecule has 1 atom stereocenters. The van der Waals surface area contributed by atoms with Gasteiger partial charge in [-0.25, -0.2) is 4.79 Å². The van der Waals surface area contributed by atoms with Crippen molar-refractivity contribution in [1.29, 1.82) is 0 Å². The number of fused-ring (bicyclic) bond motifs is 2. The summed E-state index contributed by atoms with van der Waals surface area (Å²) in [5, 5.41) is 1.02. The lowest BCUT2D eigenvalue weighted by Gasteiger charge is -2.20.